The van der Waals surface area contributed by atoms with Crippen molar-refractivity contribution >= 4 is 17.5 Å². The number of nitrogens with one attached hydrogen (secondary N) is 3. The van der Waals surface area contributed by atoms with E-state index >= 15 is 0 Å². The van der Waals surface area contributed by atoms with Crippen LogP contribution in [0.3, 0.4) is 0 Å². The van der Waals surface area contributed by atoms with Gasteiger partial charge < -0.3 is 16.0 Å². The molecule has 0 saturated carbocycles. The van der Waals surface area contributed by atoms with Gasteiger partial charge in [-0.3, -0.25) is 9.59 Å². The molecule has 5 heteroatoms. The fraction of sp³-hybridized carbons (Fsp3) is 0.385. The molecule has 5 nitrogen and oxygen atoms in total. The Hall–Kier alpha value is -1.88. The van der Waals surface area contributed by atoms with Gasteiger partial charge in [0, 0.05) is 18.3 Å². The molecule has 96 valence electrons. The number of benzene rings is 1. The molecule has 0 bridgehead atoms. The summed E-state index contributed by atoms with van der Waals surface area (Å²) in [6.07, 6.45) is 1.91. The Bertz CT molecular complexity index is 436. The Kier molecular flexibility index (Phi) is 3.94. The van der Waals surface area contributed by atoms with E-state index in [-0.39, 0.29) is 17.9 Å². The average Bonchev–Trinajstić information content (AvgIpc) is 2.92. The lowest BCUT2D eigenvalue weighted by atomic mass is 10.1. The Morgan fingerprint density at radius 1 is 1.28 bits per heavy atom. The summed E-state index contributed by atoms with van der Waals surface area (Å²) in [5.74, 6) is -0.148. The highest BCUT2D eigenvalue weighted by molar-refractivity contribution is 5.97. The molecule has 1 aromatic rings. The van der Waals surface area contributed by atoms with Crippen LogP contribution in [-0.2, 0) is 4.79 Å². The molecule has 0 aliphatic carbocycles. The molecule has 1 atom stereocenters. The lowest BCUT2D eigenvalue weighted by molar-refractivity contribution is -0.117. The van der Waals surface area contributed by atoms with Crippen LogP contribution >= 0.6 is 0 Å². The lowest BCUT2D eigenvalue weighted by Gasteiger charge is -2.11. The zero-order valence-electron chi connectivity index (χ0n) is 10.3. The minimum absolute atomic E-state index is 0.0137. The molecular weight excluding hydrogens is 230 g/mol. The van der Waals surface area contributed by atoms with Crippen LogP contribution in [0.4, 0.5) is 5.69 Å². The standard InChI is InChI=1S/C13H17N3O2/c1-14-12(17)9-4-6-10(7-5-9)16-13(18)11-3-2-8-15-11/h4-7,11,15H,2-3,8H2,1H3,(H,14,17)(H,16,18)/t11-/m0/s1. The summed E-state index contributed by atoms with van der Waals surface area (Å²) < 4.78 is 0. The van der Waals surface area contributed by atoms with E-state index in [1.54, 1.807) is 31.3 Å². The van der Waals surface area contributed by atoms with Crippen molar-refractivity contribution in [3.8, 4) is 0 Å². The summed E-state index contributed by atoms with van der Waals surface area (Å²) in [6, 6.07) is 6.76. The Morgan fingerprint density at radius 3 is 2.56 bits per heavy atom. The van der Waals surface area contributed by atoms with Crippen molar-refractivity contribution in [3.05, 3.63) is 29.8 Å². The highest BCUT2D eigenvalue weighted by Crippen LogP contribution is 2.12. The van der Waals surface area contributed by atoms with Crippen LogP contribution in [0, 0.1) is 0 Å². The van der Waals surface area contributed by atoms with Crippen LogP contribution in [0.5, 0.6) is 0 Å². The number of hydrogen-bond donors (Lipinski definition) is 3. The Labute approximate surface area is 106 Å². The minimum atomic E-state index is -0.134. The molecule has 1 aromatic carbocycles. The van der Waals surface area contributed by atoms with Crippen LogP contribution in [0.25, 0.3) is 0 Å². The number of carbonyl (C=O) groups is 2. The van der Waals surface area contributed by atoms with Crippen molar-refractivity contribution in [3.63, 3.8) is 0 Å². The van der Waals surface area contributed by atoms with Gasteiger partial charge in [0.2, 0.25) is 5.91 Å². The van der Waals surface area contributed by atoms with Gasteiger partial charge in [-0.05, 0) is 43.7 Å². The molecule has 1 saturated heterocycles. The summed E-state index contributed by atoms with van der Waals surface area (Å²) in [5, 5.41) is 8.52. The maximum absolute atomic E-state index is 11.8. The van der Waals surface area contributed by atoms with E-state index in [9.17, 15) is 9.59 Å². The first-order chi connectivity index (χ1) is 8.70. The molecule has 2 rings (SSSR count). The van der Waals surface area contributed by atoms with Crippen molar-refractivity contribution in [2.45, 2.75) is 18.9 Å². The number of rotatable bonds is 3. The summed E-state index contributed by atoms with van der Waals surface area (Å²) >= 11 is 0. The van der Waals surface area contributed by atoms with Crippen LogP contribution in [0.1, 0.15) is 23.2 Å². The second-order valence-corrected chi connectivity index (χ2v) is 4.29. The topological polar surface area (TPSA) is 70.2 Å². The highest BCUT2D eigenvalue weighted by atomic mass is 16.2. The van der Waals surface area contributed by atoms with Gasteiger partial charge in [0.15, 0.2) is 0 Å². The zero-order valence-corrected chi connectivity index (χ0v) is 10.3. The highest BCUT2D eigenvalue weighted by Gasteiger charge is 2.21. The fourth-order valence-corrected chi connectivity index (χ4v) is 1.99. The largest absolute Gasteiger partial charge is 0.355 e. The van der Waals surface area contributed by atoms with Gasteiger partial charge in [0.25, 0.3) is 5.91 Å². The van der Waals surface area contributed by atoms with Crippen molar-refractivity contribution in [2.75, 3.05) is 18.9 Å². The summed E-state index contributed by atoms with van der Waals surface area (Å²) in [5.41, 5.74) is 1.29. The van der Waals surface area contributed by atoms with Crippen molar-refractivity contribution in [2.24, 2.45) is 0 Å². The van der Waals surface area contributed by atoms with Gasteiger partial charge in [-0.25, -0.2) is 0 Å². The third-order valence-corrected chi connectivity index (χ3v) is 3.02. The number of hydrogen-bond acceptors (Lipinski definition) is 3. The van der Waals surface area contributed by atoms with Gasteiger partial charge in [-0.1, -0.05) is 0 Å². The molecule has 0 spiro atoms. The van der Waals surface area contributed by atoms with Gasteiger partial charge in [0.1, 0.15) is 0 Å². The van der Waals surface area contributed by atoms with E-state index in [2.05, 4.69) is 16.0 Å². The van der Waals surface area contributed by atoms with Crippen LogP contribution in [0.15, 0.2) is 24.3 Å². The lowest BCUT2D eigenvalue weighted by Crippen LogP contribution is -2.35. The molecule has 1 fully saturated rings. The van der Waals surface area contributed by atoms with E-state index in [0.29, 0.717) is 11.3 Å². The first-order valence-corrected chi connectivity index (χ1v) is 6.07. The molecule has 18 heavy (non-hydrogen) atoms. The van der Waals surface area contributed by atoms with E-state index in [1.165, 1.54) is 0 Å². The van der Waals surface area contributed by atoms with Gasteiger partial charge >= 0.3 is 0 Å². The van der Waals surface area contributed by atoms with Crippen LogP contribution in [-0.4, -0.2) is 31.4 Å². The predicted molar refractivity (Wildman–Crippen MR) is 69.5 cm³/mol. The predicted octanol–water partition coefficient (Wildman–Crippen LogP) is 0.737. The second-order valence-electron chi connectivity index (χ2n) is 4.29. The SMILES string of the molecule is CNC(=O)c1ccc(NC(=O)[C@@H]2CCCN2)cc1. The van der Waals surface area contributed by atoms with Crippen molar-refractivity contribution in [1.29, 1.82) is 0 Å². The van der Waals surface area contributed by atoms with Gasteiger partial charge in [0.05, 0.1) is 6.04 Å². The van der Waals surface area contributed by atoms with E-state index in [0.717, 1.165) is 19.4 Å². The first kappa shape index (κ1) is 12.6. The minimum Gasteiger partial charge on any atom is -0.355 e. The monoisotopic (exact) mass is 247 g/mol. The number of amides is 2. The second kappa shape index (κ2) is 5.64. The maximum Gasteiger partial charge on any atom is 0.251 e. The molecule has 0 radical (unpaired) electrons. The molecule has 0 aromatic heterocycles. The third kappa shape index (κ3) is 2.87. The van der Waals surface area contributed by atoms with Crippen molar-refractivity contribution < 1.29 is 9.59 Å². The molecule has 2 amide bonds. The fourth-order valence-electron chi connectivity index (χ4n) is 1.99. The van der Waals surface area contributed by atoms with Gasteiger partial charge in [-0.15, -0.1) is 0 Å². The third-order valence-electron chi connectivity index (χ3n) is 3.02. The summed E-state index contributed by atoms with van der Waals surface area (Å²) in [7, 11) is 1.59. The molecule has 1 aliphatic rings. The maximum atomic E-state index is 11.8. The van der Waals surface area contributed by atoms with E-state index in [4.69, 9.17) is 0 Å². The van der Waals surface area contributed by atoms with Gasteiger partial charge in [-0.2, -0.15) is 0 Å². The quantitative estimate of drug-likeness (QED) is 0.737. The summed E-state index contributed by atoms with van der Waals surface area (Å²) in [4.78, 5) is 23.2. The Morgan fingerprint density at radius 2 is 2.00 bits per heavy atom. The van der Waals surface area contributed by atoms with Crippen LogP contribution in [0.2, 0.25) is 0 Å². The smallest absolute Gasteiger partial charge is 0.251 e. The molecule has 1 heterocycles. The summed E-state index contributed by atoms with van der Waals surface area (Å²) in [6.45, 7) is 0.897. The van der Waals surface area contributed by atoms with E-state index < -0.39 is 0 Å². The Balaban J connectivity index is 1.97. The van der Waals surface area contributed by atoms with E-state index in [1.807, 2.05) is 0 Å². The molecule has 3 N–H and O–H groups in total. The van der Waals surface area contributed by atoms with Crippen molar-refractivity contribution in [1.82, 2.24) is 10.6 Å². The average molecular weight is 247 g/mol. The first-order valence-electron chi connectivity index (χ1n) is 6.07. The normalized spacial score (nSPS) is 18.4. The zero-order chi connectivity index (χ0) is 13.0. The number of anilines is 1. The molecule has 1 aliphatic heterocycles. The number of carbonyl (C=O) groups excluding carboxylic acids is 2. The molecular formula is C13H17N3O2. The van der Waals surface area contributed by atoms with Crippen LogP contribution < -0.4 is 16.0 Å². The molecule has 0 unspecified atom stereocenters.